The van der Waals surface area contributed by atoms with Crippen molar-refractivity contribution < 1.29 is 23.9 Å². The van der Waals surface area contributed by atoms with Gasteiger partial charge in [-0.05, 0) is 69.0 Å². The Bertz CT molecular complexity index is 2150. The van der Waals surface area contributed by atoms with Gasteiger partial charge in [0.25, 0.3) is 0 Å². The molecule has 7 heteroatoms. The first-order valence-corrected chi connectivity index (χ1v) is 19.4. The van der Waals surface area contributed by atoms with E-state index >= 15 is 0 Å². The molecule has 0 saturated carbocycles. The van der Waals surface area contributed by atoms with E-state index in [-0.39, 0.29) is 38.1 Å². The molecule has 7 nitrogen and oxygen atoms in total. The van der Waals surface area contributed by atoms with Gasteiger partial charge in [-0.1, -0.05) is 166 Å². The van der Waals surface area contributed by atoms with Gasteiger partial charge < -0.3 is 19.7 Å². The molecule has 286 valence electrons. The molecular weight excluding hydrogens is 697 g/mol. The fourth-order valence-electron chi connectivity index (χ4n) is 6.76. The summed E-state index contributed by atoms with van der Waals surface area (Å²) >= 11 is 0. The Kier molecular flexibility index (Phi) is 14.0. The lowest BCUT2D eigenvalue weighted by molar-refractivity contribution is -0.151. The molecular formula is C49H50N2O5. The molecule has 1 unspecified atom stereocenters. The highest BCUT2D eigenvalue weighted by atomic mass is 16.5. The van der Waals surface area contributed by atoms with Crippen LogP contribution in [0.1, 0.15) is 42.5 Å². The normalized spacial score (nSPS) is 12.1. The van der Waals surface area contributed by atoms with Gasteiger partial charge in [0.05, 0.1) is 5.92 Å². The predicted octanol–water partition coefficient (Wildman–Crippen LogP) is 9.82. The van der Waals surface area contributed by atoms with Crippen molar-refractivity contribution in [2.45, 2.75) is 52.4 Å². The molecule has 2 amide bonds. The van der Waals surface area contributed by atoms with Crippen molar-refractivity contribution in [1.29, 1.82) is 0 Å². The van der Waals surface area contributed by atoms with Crippen LogP contribution < -0.4 is 5.32 Å². The molecule has 0 bridgehead atoms. The van der Waals surface area contributed by atoms with Gasteiger partial charge in [0, 0.05) is 19.5 Å². The summed E-state index contributed by atoms with van der Waals surface area (Å²) < 4.78 is 11.6. The van der Waals surface area contributed by atoms with E-state index in [1.807, 2.05) is 141 Å². The number of hydrogen-bond donors (Lipinski definition) is 1. The number of aryl methyl sites for hydroxylation is 1. The third-order valence-electron chi connectivity index (χ3n) is 9.78. The maximum atomic E-state index is 14.3. The lowest BCUT2D eigenvalue weighted by atomic mass is 9.98. The van der Waals surface area contributed by atoms with Gasteiger partial charge in [-0.3, -0.25) is 4.79 Å². The maximum absolute atomic E-state index is 14.3. The molecule has 0 aliphatic rings. The number of carbonyl (C=O) groups excluding carboxylic acids is 3. The minimum Gasteiger partial charge on any atom is -0.461 e. The van der Waals surface area contributed by atoms with Crippen molar-refractivity contribution in [2.75, 3.05) is 13.1 Å². The van der Waals surface area contributed by atoms with E-state index in [1.54, 1.807) is 4.90 Å². The second kappa shape index (κ2) is 19.9. The number of nitrogens with zero attached hydrogens (tertiary/aromatic N) is 1. The van der Waals surface area contributed by atoms with Gasteiger partial charge in [-0.15, -0.1) is 0 Å². The standard InChI is InChI=1S/C49H50N2O5/c1-36(2)32-51(33-45(27-22-37-14-6-3-7-15-37)47(52)55-34-39-16-8-4-9-17-39)49(54)50-46(48(53)56-35-40-18-10-5-11-19-40)30-38-23-25-42(26-24-38)44-29-28-41-20-12-13-21-43(41)31-44/h3-21,23-26,28-29,31,36,45-46H,22,27,30,32-35H2,1-2H3,(H,50,54)/t45?,46-/m0/s1. The highest BCUT2D eigenvalue weighted by Crippen LogP contribution is 2.25. The molecule has 56 heavy (non-hydrogen) atoms. The molecule has 0 radical (unpaired) electrons. The molecule has 0 aromatic heterocycles. The number of esters is 2. The van der Waals surface area contributed by atoms with Crippen molar-refractivity contribution in [3.05, 3.63) is 180 Å². The molecule has 0 aliphatic carbocycles. The fourth-order valence-corrected chi connectivity index (χ4v) is 6.76. The quantitative estimate of drug-likeness (QED) is 0.0940. The second-order valence-corrected chi connectivity index (χ2v) is 14.7. The number of ether oxygens (including phenoxy) is 2. The predicted molar refractivity (Wildman–Crippen MR) is 223 cm³/mol. The molecule has 0 spiro atoms. The van der Waals surface area contributed by atoms with Crippen LogP contribution in [0.2, 0.25) is 0 Å². The number of rotatable bonds is 17. The smallest absolute Gasteiger partial charge is 0.329 e. The van der Waals surface area contributed by atoms with E-state index in [0.29, 0.717) is 19.4 Å². The van der Waals surface area contributed by atoms with Crippen molar-refractivity contribution in [3.8, 4) is 11.1 Å². The zero-order valence-corrected chi connectivity index (χ0v) is 32.2. The Labute approximate surface area is 330 Å². The Morgan fingerprint density at radius 3 is 1.70 bits per heavy atom. The SMILES string of the molecule is CC(C)CN(CC(CCc1ccccc1)C(=O)OCc1ccccc1)C(=O)N[C@@H](Cc1ccc(-c2ccc3ccccc3c2)cc1)C(=O)OCc1ccccc1. The van der Waals surface area contributed by atoms with Gasteiger partial charge in [0.2, 0.25) is 0 Å². The summed E-state index contributed by atoms with van der Waals surface area (Å²) in [6.45, 7) is 4.79. The summed E-state index contributed by atoms with van der Waals surface area (Å²) in [7, 11) is 0. The first-order chi connectivity index (χ1) is 27.3. The highest BCUT2D eigenvalue weighted by Gasteiger charge is 2.30. The number of nitrogens with one attached hydrogen (secondary N) is 1. The van der Waals surface area contributed by atoms with Gasteiger partial charge in [0.1, 0.15) is 19.3 Å². The number of hydrogen-bond acceptors (Lipinski definition) is 5. The summed E-state index contributed by atoms with van der Waals surface area (Å²) in [5, 5.41) is 5.35. The number of urea groups is 1. The van der Waals surface area contributed by atoms with Crippen LogP contribution in [0, 0.1) is 11.8 Å². The molecule has 6 aromatic carbocycles. The van der Waals surface area contributed by atoms with E-state index in [9.17, 15) is 14.4 Å². The van der Waals surface area contributed by atoms with E-state index in [0.717, 1.165) is 38.8 Å². The van der Waals surface area contributed by atoms with Crippen LogP contribution in [0.5, 0.6) is 0 Å². The average molecular weight is 747 g/mol. The van der Waals surface area contributed by atoms with Gasteiger partial charge in [-0.2, -0.15) is 0 Å². The van der Waals surface area contributed by atoms with Crippen LogP contribution in [0.15, 0.2) is 158 Å². The Morgan fingerprint density at radius 2 is 1.09 bits per heavy atom. The number of fused-ring (bicyclic) bond motifs is 1. The molecule has 0 aliphatic heterocycles. The van der Waals surface area contributed by atoms with Crippen LogP contribution >= 0.6 is 0 Å². The zero-order chi connectivity index (χ0) is 39.1. The van der Waals surface area contributed by atoms with Crippen LogP contribution in [-0.4, -0.2) is 42.0 Å². The first kappa shape index (κ1) is 39.5. The van der Waals surface area contributed by atoms with E-state index < -0.39 is 24.0 Å². The third-order valence-corrected chi connectivity index (χ3v) is 9.78. The molecule has 6 rings (SSSR count). The Morgan fingerprint density at radius 1 is 0.554 bits per heavy atom. The van der Waals surface area contributed by atoms with Crippen molar-refractivity contribution in [3.63, 3.8) is 0 Å². The Hall–Kier alpha value is -6.21. The summed E-state index contributed by atoms with van der Waals surface area (Å²) in [6.07, 6.45) is 1.36. The third kappa shape index (κ3) is 11.6. The van der Waals surface area contributed by atoms with Crippen LogP contribution in [0.4, 0.5) is 4.79 Å². The molecule has 0 heterocycles. The van der Waals surface area contributed by atoms with Gasteiger partial charge in [0.15, 0.2) is 0 Å². The second-order valence-electron chi connectivity index (χ2n) is 14.7. The highest BCUT2D eigenvalue weighted by molar-refractivity contribution is 5.87. The van der Waals surface area contributed by atoms with Crippen LogP contribution in [-0.2, 0) is 45.1 Å². The average Bonchev–Trinajstić information content (AvgIpc) is 3.23. The molecule has 1 N–H and O–H groups in total. The summed E-state index contributed by atoms with van der Waals surface area (Å²) in [6, 6.07) is 50.3. The van der Waals surface area contributed by atoms with E-state index in [1.165, 1.54) is 5.39 Å². The lowest BCUT2D eigenvalue weighted by Crippen LogP contribution is -2.52. The number of carbonyl (C=O) groups is 3. The summed E-state index contributed by atoms with van der Waals surface area (Å²) in [5.74, 6) is -1.39. The van der Waals surface area contributed by atoms with Crippen molar-refractivity contribution in [2.24, 2.45) is 11.8 Å². The largest absolute Gasteiger partial charge is 0.461 e. The summed E-state index contributed by atoms with van der Waals surface area (Å²) in [5.41, 5.74) is 5.86. The number of amides is 2. The van der Waals surface area contributed by atoms with E-state index in [2.05, 4.69) is 35.6 Å². The topological polar surface area (TPSA) is 84.9 Å². The van der Waals surface area contributed by atoms with Crippen LogP contribution in [0.3, 0.4) is 0 Å². The monoisotopic (exact) mass is 746 g/mol. The maximum Gasteiger partial charge on any atom is 0.329 e. The molecule has 0 fully saturated rings. The zero-order valence-electron chi connectivity index (χ0n) is 32.2. The molecule has 2 atom stereocenters. The van der Waals surface area contributed by atoms with E-state index in [4.69, 9.17) is 9.47 Å². The van der Waals surface area contributed by atoms with Gasteiger partial charge >= 0.3 is 18.0 Å². The minimum atomic E-state index is -0.972. The first-order valence-electron chi connectivity index (χ1n) is 19.4. The summed E-state index contributed by atoms with van der Waals surface area (Å²) in [4.78, 5) is 43.4. The molecule has 0 saturated heterocycles. The number of benzene rings is 6. The van der Waals surface area contributed by atoms with Crippen molar-refractivity contribution >= 4 is 28.7 Å². The van der Waals surface area contributed by atoms with Crippen LogP contribution in [0.25, 0.3) is 21.9 Å². The lowest BCUT2D eigenvalue weighted by Gasteiger charge is -2.30. The van der Waals surface area contributed by atoms with Gasteiger partial charge in [-0.25, -0.2) is 9.59 Å². The Balaban J connectivity index is 1.20. The molecule has 6 aromatic rings. The van der Waals surface area contributed by atoms with Crippen molar-refractivity contribution in [1.82, 2.24) is 10.2 Å². The fraction of sp³-hybridized carbons (Fsp3) is 0.245. The minimum absolute atomic E-state index is 0.0808.